The summed E-state index contributed by atoms with van der Waals surface area (Å²) in [5.74, 6) is 1.91. The summed E-state index contributed by atoms with van der Waals surface area (Å²) in [5.41, 5.74) is 2.04. The molecule has 1 N–H and O–H groups in total. The maximum Gasteiger partial charge on any atom is 0.322 e. The molecule has 0 aliphatic carbocycles. The van der Waals surface area contributed by atoms with E-state index in [0.717, 1.165) is 17.7 Å². The van der Waals surface area contributed by atoms with Crippen LogP contribution in [0.15, 0.2) is 28.8 Å². The van der Waals surface area contributed by atoms with Crippen LogP contribution in [0.25, 0.3) is 0 Å². The summed E-state index contributed by atoms with van der Waals surface area (Å²) in [7, 11) is 0. The molecule has 0 bridgehead atoms. The Balaban J connectivity index is 1.85. The van der Waals surface area contributed by atoms with E-state index in [1.165, 1.54) is 0 Å². The largest absolute Gasteiger partial charge is 0.338 e. The SMILES string of the molecule is CC(C)CCNC(=O)N1c2ccccc2CC1c1nc(C(C)C)no1. The topological polar surface area (TPSA) is 71.3 Å². The number of carbonyl (C=O) groups is 1. The number of urea groups is 1. The lowest BCUT2D eigenvalue weighted by Crippen LogP contribution is -2.41. The average molecular weight is 342 g/mol. The summed E-state index contributed by atoms with van der Waals surface area (Å²) in [6.45, 7) is 8.99. The number of nitrogens with zero attached hydrogens (tertiary/aromatic N) is 3. The summed E-state index contributed by atoms with van der Waals surface area (Å²) in [5, 5.41) is 7.08. The maximum atomic E-state index is 12.8. The number of anilines is 1. The van der Waals surface area contributed by atoms with Gasteiger partial charge in [-0.2, -0.15) is 4.98 Å². The highest BCUT2D eigenvalue weighted by Gasteiger charge is 2.38. The number of para-hydroxylation sites is 1. The zero-order valence-electron chi connectivity index (χ0n) is 15.3. The van der Waals surface area contributed by atoms with Crippen LogP contribution in [-0.2, 0) is 6.42 Å². The van der Waals surface area contributed by atoms with E-state index in [1.54, 1.807) is 4.90 Å². The number of benzene rings is 1. The molecule has 1 unspecified atom stereocenters. The van der Waals surface area contributed by atoms with Crippen molar-refractivity contribution in [2.75, 3.05) is 11.4 Å². The van der Waals surface area contributed by atoms with Crippen molar-refractivity contribution < 1.29 is 9.32 Å². The first-order valence-electron chi connectivity index (χ1n) is 8.95. The molecule has 0 saturated heterocycles. The third kappa shape index (κ3) is 3.67. The van der Waals surface area contributed by atoms with Gasteiger partial charge in [-0.3, -0.25) is 4.90 Å². The van der Waals surface area contributed by atoms with Gasteiger partial charge >= 0.3 is 6.03 Å². The lowest BCUT2D eigenvalue weighted by molar-refractivity contribution is 0.241. The van der Waals surface area contributed by atoms with Gasteiger partial charge in [0, 0.05) is 24.6 Å². The number of nitrogens with one attached hydrogen (secondary N) is 1. The number of amides is 2. The minimum absolute atomic E-state index is 0.111. The molecular weight excluding hydrogens is 316 g/mol. The zero-order valence-corrected chi connectivity index (χ0v) is 15.3. The number of hydrogen-bond acceptors (Lipinski definition) is 4. The summed E-state index contributed by atoms with van der Waals surface area (Å²) in [6, 6.07) is 7.59. The van der Waals surface area contributed by atoms with E-state index in [0.29, 0.717) is 30.6 Å². The lowest BCUT2D eigenvalue weighted by atomic mass is 10.1. The van der Waals surface area contributed by atoms with E-state index in [2.05, 4.69) is 29.3 Å². The van der Waals surface area contributed by atoms with E-state index in [-0.39, 0.29) is 18.0 Å². The second-order valence-electron chi connectivity index (χ2n) is 7.28. The molecule has 2 amide bonds. The molecule has 1 aromatic heterocycles. The number of hydrogen-bond donors (Lipinski definition) is 1. The lowest BCUT2D eigenvalue weighted by Gasteiger charge is -2.23. The van der Waals surface area contributed by atoms with Crippen LogP contribution >= 0.6 is 0 Å². The monoisotopic (exact) mass is 342 g/mol. The van der Waals surface area contributed by atoms with E-state index >= 15 is 0 Å². The molecular formula is C19H26N4O2. The van der Waals surface area contributed by atoms with E-state index < -0.39 is 0 Å². The molecule has 3 rings (SSSR count). The van der Waals surface area contributed by atoms with Gasteiger partial charge in [0.05, 0.1) is 0 Å². The van der Waals surface area contributed by atoms with Crippen LogP contribution in [0.2, 0.25) is 0 Å². The highest BCUT2D eigenvalue weighted by molar-refractivity contribution is 5.95. The first kappa shape index (κ1) is 17.5. The van der Waals surface area contributed by atoms with Crippen molar-refractivity contribution in [3.63, 3.8) is 0 Å². The van der Waals surface area contributed by atoms with Crippen LogP contribution in [-0.4, -0.2) is 22.7 Å². The maximum absolute atomic E-state index is 12.8. The van der Waals surface area contributed by atoms with E-state index in [4.69, 9.17) is 4.52 Å². The van der Waals surface area contributed by atoms with Gasteiger partial charge in [-0.15, -0.1) is 0 Å². The Hall–Kier alpha value is -2.37. The second-order valence-corrected chi connectivity index (χ2v) is 7.28. The standard InChI is InChI=1S/C19H26N4O2/c1-12(2)9-10-20-19(24)23-15-8-6-5-7-14(15)11-16(23)18-21-17(13(3)4)22-25-18/h5-8,12-13,16H,9-11H2,1-4H3,(H,20,24). The van der Waals surface area contributed by atoms with E-state index in [9.17, 15) is 4.79 Å². The fourth-order valence-corrected chi connectivity index (χ4v) is 3.00. The fourth-order valence-electron chi connectivity index (χ4n) is 3.00. The number of rotatable bonds is 5. The number of fused-ring (bicyclic) bond motifs is 1. The van der Waals surface area contributed by atoms with Gasteiger partial charge in [0.2, 0.25) is 5.89 Å². The molecule has 0 spiro atoms. The van der Waals surface area contributed by atoms with Gasteiger partial charge in [0.15, 0.2) is 5.82 Å². The van der Waals surface area contributed by atoms with Crippen molar-refractivity contribution in [2.45, 2.75) is 52.5 Å². The van der Waals surface area contributed by atoms with Gasteiger partial charge in [0.25, 0.3) is 0 Å². The van der Waals surface area contributed by atoms with Crippen LogP contribution in [0.5, 0.6) is 0 Å². The van der Waals surface area contributed by atoms with E-state index in [1.807, 2.05) is 38.1 Å². The van der Waals surface area contributed by atoms with Gasteiger partial charge in [-0.25, -0.2) is 4.79 Å². The molecule has 1 atom stereocenters. The van der Waals surface area contributed by atoms with Crippen LogP contribution < -0.4 is 10.2 Å². The number of carbonyl (C=O) groups excluding carboxylic acids is 1. The van der Waals surface area contributed by atoms with Gasteiger partial charge in [0.1, 0.15) is 6.04 Å². The highest BCUT2D eigenvalue weighted by atomic mass is 16.5. The summed E-state index contributed by atoms with van der Waals surface area (Å²) in [6.07, 6.45) is 1.64. The first-order chi connectivity index (χ1) is 12.0. The third-order valence-corrected chi connectivity index (χ3v) is 4.45. The van der Waals surface area contributed by atoms with Crippen molar-refractivity contribution in [1.29, 1.82) is 0 Å². The fraction of sp³-hybridized carbons (Fsp3) is 0.526. The van der Waals surface area contributed by atoms with Crippen LogP contribution in [0.3, 0.4) is 0 Å². The van der Waals surface area contributed by atoms with Crippen LogP contribution in [0, 0.1) is 5.92 Å². The molecule has 0 radical (unpaired) electrons. The smallest absolute Gasteiger partial charge is 0.322 e. The Morgan fingerprint density at radius 2 is 2.08 bits per heavy atom. The van der Waals surface area contributed by atoms with Crippen LogP contribution in [0.4, 0.5) is 10.5 Å². The molecule has 0 fully saturated rings. The van der Waals surface area contributed by atoms with Crippen molar-refractivity contribution >= 4 is 11.7 Å². The molecule has 2 heterocycles. The summed E-state index contributed by atoms with van der Waals surface area (Å²) >= 11 is 0. The normalized spacial score (nSPS) is 16.6. The average Bonchev–Trinajstić information content (AvgIpc) is 3.19. The summed E-state index contributed by atoms with van der Waals surface area (Å²) < 4.78 is 5.48. The quantitative estimate of drug-likeness (QED) is 0.890. The van der Waals surface area contributed by atoms with Crippen LogP contribution in [0.1, 0.15) is 63.4 Å². The Labute approximate surface area is 148 Å². The third-order valence-electron chi connectivity index (χ3n) is 4.45. The Morgan fingerprint density at radius 3 is 2.76 bits per heavy atom. The Morgan fingerprint density at radius 1 is 1.32 bits per heavy atom. The minimum atomic E-state index is -0.253. The molecule has 1 aliphatic heterocycles. The predicted molar refractivity (Wildman–Crippen MR) is 96.6 cm³/mol. The molecule has 1 aromatic carbocycles. The van der Waals surface area contributed by atoms with Crippen molar-refractivity contribution in [1.82, 2.24) is 15.5 Å². The second kappa shape index (κ2) is 7.25. The van der Waals surface area contributed by atoms with Crippen molar-refractivity contribution in [2.24, 2.45) is 5.92 Å². The van der Waals surface area contributed by atoms with Gasteiger partial charge in [-0.05, 0) is 24.0 Å². The van der Waals surface area contributed by atoms with Gasteiger partial charge < -0.3 is 9.84 Å². The zero-order chi connectivity index (χ0) is 18.0. The molecule has 6 heteroatoms. The molecule has 134 valence electrons. The molecule has 2 aromatic rings. The predicted octanol–water partition coefficient (Wildman–Crippen LogP) is 4.05. The Kier molecular flexibility index (Phi) is 5.06. The molecule has 1 aliphatic rings. The van der Waals surface area contributed by atoms with Gasteiger partial charge in [-0.1, -0.05) is 51.1 Å². The molecule has 6 nitrogen and oxygen atoms in total. The minimum Gasteiger partial charge on any atom is -0.338 e. The molecule has 25 heavy (non-hydrogen) atoms. The van der Waals surface area contributed by atoms with Crippen molar-refractivity contribution in [3.05, 3.63) is 41.5 Å². The molecule has 0 saturated carbocycles. The number of aromatic nitrogens is 2. The highest BCUT2D eigenvalue weighted by Crippen LogP contribution is 2.39. The Bertz CT molecular complexity index is 739. The van der Waals surface area contributed by atoms with Crippen molar-refractivity contribution in [3.8, 4) is 0 Å². The first-order valence-corrected chi connectivity index (χ1v) is 8.95. The summed E-state index contributed by atoms with van der Waals surface area (Å²) in [4.78, 5) is 19.1.